The first-order valence-electron chi connectivity index (χ1n) is 10.5. The fraction of sp³-hybridized carbons (Fsp3) is 0.231. The Kier molecular flexibility index (Phi) is 7.49. The molecule has 166 valence electrons. The molecule has 0 bridgehead atoms. The number of urea groups is 1. The second-order valence-electron chi connectivity index (χ2n) is 7.88. The van der Waals surface area contributed by atoms with E-state index in [0.29, 0.717) is 18.0 Å². The number of nitrogens with one attached hydrogen (secondary N) is 2. The molecule has 3 aromatic carbocycles. The zero-order chi connectivity index (χ0) is 23.1. The molecule has 0 aliphatic rings. The van der Waals surface area contributed by atoms with Gasteiger partial charge in [-0.1, -0.05) is 54.6 Å². The number of carbonyl (C=O) groups is 2. The fourth-order valence-electron chi connectivity index (χ4n) is 3.28. The normalized spacial score (nSPS) is 10.4. The highest BCUT2D eigenvalue weighted by atomic mass is 16.5. The van der Waals surface area contributed by atoms with Crippen LogP contribution in [0.15, 0.2) is 66.7 Å². The number of hydrogen-bond acceptors (Lipinski definition) is 3. The van der Waals surface area contributed by atoms with Crippen molar-refractivity contribution in [2.24, 2.45) is 0 Å². The van der Waals surface area contributed by atoms with Gasteiger partial charge in [-0.25, -0.2) is 4.79 Å². The van der Waals surface area contributed by atoms with Gasteiger partial charge in [0.05, 0.1) is 5.69 Å². The summed E-state index contributed by atoms with van der Waals surface area (Å²) in [5.74, 6) is 0.320. The Balaban J connectivity index is 1.62. The molecule has 0 saturated carbocycles. The summed E-state index contributed by atoms with van der Waals surface area (Å²) in [4.78, 5) is 26.6. The Morgan fingerprint density at radius 3 is 2.25 bits per heavy atom. The van der Waals surface area contributed by atoms with Crippen molar-refractivity contribution in [3.05, 3.63) is 89.0 Å². The van der Waals surface area contributed by atoms with Crippen LogP contribution in [0.1, 0.15) is 22.3 Å². The SMILES string of the molecule is Cc1ccc(NC(=O)N(C)CC(=O)Nc2c(C)cccc2C)c(OCc2ccccc2)c1. The maximum absolute atomic E-state index is 12.7. The third-order valence-corrected chi connectivity index (χ3v) is 5.09. The van der Waals surface area contributed by atoms with Gasteiger partial charge in [0.1, 0.15) is 18.9 Å². The molecule has 0 saturated heterocycles. The number of hydrogen-bond donors (Lipinski definition) is 2. The van der Waals surface area contributed by atoms with Crippen molar-refractivity contribution < 1.29 is 14.3 Å². The third-order valence-electron chi connectivity index (χ3n) is 5.09. The third kappa shape index (κ3) is 6.11. The van der Waals surface area contributed by atoms with Gasteiger partial charge >= 0.3 is 6.03 Å². The van der Waals surface area contributed by atoms with Gasteiger partial charge in [-0.2, -0.15) is 0 Å². The van der Waals surface area contributed by atoms with Crippen molar-refractivity contribution in [1.29, 1.82) is 0 Å². The summed E-state index contributed by atoms with van der Waals surface area (Å²) >= 11 is 0. The van der Waals surface area contributed by atoms with E-state index in [2.05, 4.69) is 10.6 Å². The first-order valence-corrected chi connectivity index (χ1v) is 10.5. The maximum atomic E-state index is 12.7. The fourth-order valence-corrected chi connectivity index (χ4v) is 3.28. The molecule has 0 radical (unpaired) electrons. The molecule has 6 heteroatoms. The largest absolute Gasteiger partial charge is 0.487 e. The minimum Gasteiger partial charge on any atom is -0.487 e. The van der Waals surface area contributed by atoms with E-state index >= 15 is 0 Å². The lowest BCUT2D eigenvalue weighted by atomic mass is 10.1. The summed E-state index contributed by atoms with van der Waals surface area (Å²) in [6.45, 7) is 6.15. The summed E-state index contributed by atoms with van der Waals surface area (Å²) in [7, 11) is 1.58. The second kappa shape index (κ2) is 10.5. The van der Waals surface area contributed by atoms with Gasteiger partial charge < -0.3 is 20.3 Å². The molecular weight excluding hydrogens is 402 g/mol. The number of carbonyl (C=O) groups excluding carboxylic acids is 2. The van der Waals surface area contributed by atoms with Crippen LogP contribution < -0.4 is 15.4 Å². The average Bonchev–Trinajstić information content (AvgIpc) is 2.77. The van der Waals surface area contributed by atoms with Crippen LogP contribution in [0, 0.1) is 20.8 Å². The second-order valence-corrected chi connectivity index (χ2v) is 7.88. The van der Waals surface area contributed by atoms with Crippen molar-refractivity contribution >= 4 is 23.3 Å². The Labute approximate surface area is 189 Å². The number of benzene rings is 3. The Morgan fingerprint density at radius 2 is 1.56 bits per heavy atom. The molecular formula is C26H29N3O3. The summed E-state index contributed by atoms with van der Waals surface area (Å²) in [6.07, 6.45) is 0. The summed E-state index contributed by atoms with van der Waals surface area (Å²) in [5.41, 5.74) is 5.34. The molecule has 0 aliphatic carbocycles. The smallest absolute Gasteiger partial charge is 0.322 e. The van der Waals surface area contributed by atoms with Crippen molar-refractivity contribution in [3.63, 3.8) is 0 Å². The lowest BCUT2D eigenvalue weighted by Gasteiger charge is -2.20. The number of para-hydroxylation sites is 1. The first kappa shape index (κ1) is 22.9. The van der Waals surface area contributed by atoms with E-state index in [4.69, 9.17) is 4.74 Å². The number of anilines is 2. The molecule has 2 N–H and O–H groups in total. The van der Waals surface area contributed by atoms with Crippen LogP contribution in [0.5, 0.6) is 5.75 Å². The predicted molar refractivity (Wildman–Crippen MR) is 128 cm³/mol. The molecule has 3 amide bonds. The van der Waals surface area contributed by atoms with E-state index in [1.54, 1.807) is 13.1 Å². The number of likely N-dealkylation sites (N-methyl/N-ethyl adjacent to an activating group) is 1. The van der Waals surface area contributed by atoms with Crippen LogP contribution in [0.3, 0.4) is 0 Å². The van der Waals surface area contributed by atoms with E-state index in [9.17, 15) is 9.59 Å². The molecule has 0 aliphatic heterocycles. The lowest BCUT2D eigenvalue weighted by molar-refractivity contribution is -0.116. The molecule has 6 nitrogen and oxygen atoms in total. The van der Waals surface area contributed by atoms with Gasteiger partial charge in [0.2, 0.25) is 5.91 Å². The molecule has 0 unspecified atom stereocenters. The Bertz CT molecular complexity index is 1080. The van der Waals surface area contributed by atoms with Crippen LogP contribution >= 0.6 is 0 Å². The predicted octanol–water partition coefficient (Wildman–Crippen LogP) is 5.29. The van der Waals surface area contributed by atoms with Gasteiger partial charge in [0.15, 0.2) is 0 Å². The number of aryl methyl sites for hydroxylation is 3. The first-order chi connectivity index (χ1) is 15.3. The molecule has 0 atom stereocenters. The molecule has 32 heavy (non-hydrogen) atoms. The van der Waals surface area contributed by atoms with Crippen LogP contribution in [-0.4, -0.2) is 30.4 Å². The van der Waals surface area contributed by atoms with Crippen LogP contribution in [0.4, 0.5) is 16.2 Å². The van der Waals surface area contributed by atoms with Crippen LogP contribution in [-0.2, 0) is 11.4 Å². The van der Waals surface area contributed by atoms with Crippen LogP contribution in [0.2, 0.25) is 0 Å². The monoisotopic (exact) mass is 431 g/mol. The minimum atomic E-state index is -0.393. The van der Waals surface area contributed by atoms with E-state index in [1.165, 1.54) is 4.90 Å². The molecule has 0 heterocycles. The van der Waals surface area contributed by atoms with Crippen molar-refractivity contribution in [3.8, 4) is 5.75 Å². The Hall–Kier alpha value is -3.80. The van der Waals surface area contributed by atoms with Gasteiger partial charge in [-0.15, -0.1) is 0 Å². The molecule has 0 fully saturated rings. The highest BCUT2D eigenvalue weighted by Crippen LogP contribution is 2.27. The summed E-state index contributed by atoms with van der Waals surface area (Å²) in [6, 6.07) is 20.8. The minimum absolute atomic E-state index is 0.0777. The number of nitrogens with zero attached hydrogens (tertiary/aromatic N) is 1. The number of rotatable bonds is 7. The van der Waals surface area contributed by atoms with Gasteiger partial charge in [-0.05, 0) is 55.2 Å². The average molecular weight is 432 g/mol. The van der Waals surface area contributed by atoms with Gasteiger partial charge in [0.25, 0.3) is 0 Å². The van der Waals surface area contributed by atoms with Gasteiger partial charge in [-0.3, -0.25) is 4.79 Å². The van der Waals surface area contributed by atoms with E-state index in [-0.39, 0.29) is 12.5 Å². The van der Waals surface area contributed by atoms with E-state index in [0.717, 1.165) is 27.9 Å². The van der Waals surface area contributed by atoms with Crippen molar-refractivity contribution in [2.45, 2.75) is 27.4 Å². The highest BCUT2D eigenvalue weighted by molar-refractivity contribution is 5.98. The molecule has 3 aromatic rings. The molecule has 3 rings (SSSR count). The maximum Gasteiger partial charge on any atom is 0.322 e. The van der Waals surface area contributed by atoms with Crippen LogP contribution in [0.25, 0.3) is 0 Å². The molecule has 0 aromatic heterocycles. The zero-order valence-electron chi connectivity index (χ0n) is 18.9. The zero-order valence-corrected chi connectivity index (χ0v) is 18.9. The van der Waals surface area contributed by atoms with Crippen molar-refractivity contribution in [1.82, 2.24) is 4.90 Å². The van der Waals surface area contributed by atoms with Crippen molar-refractivity contribution in [2.75, 3.05) is 24.2 Å². The highest BCUT2D eigenvalue weighted by Gasteiger charge is 2.16. The number of amides is 3. The summed E-state index contributed by atoms with van der Waals surface area (Å²) < 4.78 is 5.96. The molecule has 0 spiro atoms. The quantitative estimate of drug-likeness (QED) is 0.534. The topological polar surface area (TPSA) is 70.7 Å². The van der Waals surface area contributed by atoms with E-state index < -0.39 is 6.03 Å². The lowest BCUT2D eigenvalue weighted by Crippen LogP contribution is -2.37. The Morgan fingerprint density at radius 1 is 0.875 bits per heavy atom. The van der Waals surface area contributed by atoms with E-state index in [1.807, 2.05) is 81.4 Å². The van der Waals surface area contributed by atoms with Gasteiger partial charge in [0, 0.05) is 12.7 Å². The summed E-state index contributed by atoms with van der Waals surface area (Å²) in [5, 5.41) is 5.75. The standard InChI is InChI=1S/C26H29N3O3/c1-18-13-14-22(23(15-18)32-17-21-11-6-5-7-12-21)27-26(31)29(4)16-24(30)28-25-19(2)9-8-10-20(25)3/h5-15H,16-17H2,1-4H3,(H,27,31)(H,28,30). The number of ether oxygens (including phenoxy) is 1.